The number of hydrogen-bond donors (Lipinski definition) is 1. The number of carbonyl (C=O) groups is 2. The molecule has 1 amide bonds. The summed E-state index contributed by atoms with van der Waals surface area (Å²) in [6.45, 7) is 1.57. The Morgan fingerprint density at radius 1 is 0.962 bits per heavy atom. The second-order valence-corrected chi connectivity index (χ2v) is 6.61. The minimum atomic E-state index is -0.906. The highest BCUT2D eigenvalue weighted by Gasteiger charge is 2.21. The van der Waals surface area contributed by atoms with Crippen molar-refractivity contribution >= 4 is 40.1 Å². The van der Waals surface area contributed by atoms with E-state index >= 15 is 0 Å². The first-order valence-corrected chi connectivity index (χ1v) is 9.45. The zero-order valence-electron chi connectivity index (χ0n) is 14.6. The number of thioether (sulfide) groups is 1. The van der Waals surface area contributed by atoms with E-state index in [1.165, 1.54) is 11.8 Å². The lowest BCUT2D eigenvalue weighted by atomic mass is 10.1. The van der Waals surface area contributed by atoms with Crippen molar-refractivity contribution < 1.29 is 14.3 Å². The van der Waals surface area contributed by atoms with Crippen molar-refractivity contribution in [3.05, 3.63) is 72.3 Å². The fourth-order valence-corrected chi connectivity index (χ4v) is 3.25. The van der Waals surface area contributed by atoms with E-state index < -0.39 is 12.1 Å². The van der Waals surface area contributed by atoms with Gasteiger partial charge in [-0.3, -0.25) is 4.79 Å². The molecule has 0 saturated carbocycles. The number of hydrogen-bond acceptors (Lipinski definition) is 4. The molecule has 0 spiro atoms. The Morgan fingerprint density at radius 2 is 1.65 bits per heavy atom. The maximum atomic E-state index is 12.5. The van der Waals surface area contributed by atoms with Gasteiger partial charge >= 0.3 is 5.97 Å². The van der Waals surface area contributed by atoms with E-state index in [2.05, 4.69) is 5.32 Å². The van der Waals surface area contributed by atoms with Gasteiger partial charge in [0.2, 0.25) is 0 Å². The predicted molar refractivity (Wildman–Crippen MR) is 106 cm³/mol. The van der Waals surface area contributed by atoms with Crippen molar-refractivity contribution in [3.8, 4) is 0 Å². The monoisotopic (exact) mass is 365 g/mol. The number of amides is 1. The lowest BCUT2D eigenvalue weighted by molar-refractivity contribution is -0.123. The van der Waals surface area contributed by atoms with Crippen molar-refractivity contribution in [2.45, 2.75) is 17.9 Å². The summed E-state index contributed by atoms with van der Waals surface area (Å²) >= 11 is 1.46. The predicted octanol–water partition coefficient (Wildman–Crippen LogP) is 4.75. The highest BCUT2D eigenvalue weighted by atomic mass is 32.2. The highest BCUT2D eigenvalue weighted by Crippen LogP contribution is 2.24. The zero-order valence-corrected chi connectivity index (χ0v) is 15.4. The fraction of sp³-hybridized carbons (Fsp3) is 0.143. The van der Waals surface area contributed by atoms with Crippen LogP contribution in [0.3, 0.4) is 0 Å². The number of benzene rings is 3. The normalized spacial score (nSPS) is 11.8. The molecule has 1 N–H and O–H groups in total. The van der Waals surface area contributed by atoms with Gasteiger partial charge in [0.05, 0.1) is 5.56 Å². The van der Waals surface area contributed by atoms with Crippen LogP contribution in [0.4, 0.5) is 5.69 Å². The molecule has 132 valence electrons. The molecule has 0 aliphatic heterocycles. The van der Waals surface area contributed by atoms with Gasteiger partial charge in [-0.25, -0.2) is 4.79 Å². The summed E-state index contributed by atoms with van der Waals surface area (Å²) < 4.78 is 5.36. The number of nitrogens with one attached hydrogen (secondary N) is 1. The molecule has 0 unspecified atom stereocenters. The minimum absolute atomic E-state index is 0.365. The van der Waals surface area contributed by atoms with Crippen LogP contribution in [0.15, 0.2) is 71.6 Å². The molecular weight excluding hydrogens is 346 g/mol. The van der Waals surface area contributed by atoms with E-state index in [0.717, 1.165) is 15.7 Å². The van der Waals surface area contributed by atoms with Crippen LogP contribution in [0.2, 0.25) is 0 Å². The van der Waals surface area contributed by atoms with Crippen LogP contribution in [0.1, 0.15) is 17.3 Å². The smallest absolute Gasteiger partial charge is 0.340 e. The second kappa shape index (κ2) is 8.06. The Bertz CT molecular complexity index is 949. The van der Waals surface area contributed by atoms with Crippen LogP contribution in [0, 0.1) is 0 Å². The van der Waals surface area contributed by atoms with Crippen molar-refractivity contribution in [2.24, 2.45) is 0 Å². The molecule has 3 rings (SSSR count). The van der Waals surface area contributed by atoms with Crippen molar-refractivity contribution in [1.29, 1.82) is 0 Å². The van der Waals surface area contributed by atoms with E-state index in [-0.39, 0.29) is 5.91 Å². The van der Waals surface area contributed by atoms with E-state index in [1.54, 1.807) is 19.1 Å². The summed E-state index contributed by atoms with van der Waals surface area (Å²) in [6.07, 6.45) is 0.986. The topological polar surface area (TPSA) is 55.4 Å². The summed E-state index contributed by atoms with van der Waals surface area (Å²) in [6, 6.07) is 20.7. The van der Waals surface area contributed by atoms with Crippen molar-refractivity contribution in [3.63, 3.8) is 0 Å². The maximum absolute atomic E-state index is 12.5. The average molecular weight is 365 g/mol. The Kier molecular flexibility index (Phi) is 5.58. The SMILES string of the molecule is CSc1ccccc1C(=O)O[C@@H](C)C(=O)Nc1cccc2ccccc12. The quantitative estimate of drug-likeness (QED) is 0.524. The van der Waals surface area contributed by atoms with Crippen molar-refractivity contribution in [1.82, 2.24) is 0 Å². The van der Waals surface area contributed by atoms with Gasteiger partial charge in [0.1, 0.15) is 0 Å². The molecule has 4 nitrogen and oxygen atoms in total. The third-order valence-corrected chi connectivity index (χ3v) is 4.82. The Balaban J connectivity index is 1.72. The largest absolute Gasteiger partial charge is 0.449 e. The maximum Gasteiger partial charge on any atom is 0.340 e. The lowest BCUT2D eigenvalue weighted by Gasteiger charge is -2.15. The summed E-state index contributed by atoms with van der Waals surface area (Å²) in [5.74, 6) is -0.869. The lowest BCUT2D eigenvalue weighted by Crippen LogP contribution is -2.30. The average Bonchev–Trinajstić information content (AvgIpc) is 2.68. The molecule has 0 radical (unpaired) electrons. The molecule has 3 aromatic carbocycles. The van der Waals surface area contributed by atoms with Crippen LogP contribution in [0.5, 0.6) is 0 Å². The van der Waals surface area contributed by atoms with Gasteiger partial charge < -0.3 is 10.1 Å². The molecule has 5 heteroatoms. The third kappa shape index (κ3) is 3.89. The third-order valence-electron chi connectivity index (χ3n) is 4.03. The summed E-state index contributed by atoms with van der Waals surface area (Å²) in [4.78, 5) is 25.7. The number of carbonyl (C=O) groups excluding carboxylic acids is 2. The molecule has 26 heavy (non-hydrogen) atoms. The zero-order chi connectivity index (χ0) is 18.5. The summed E-state index contributed by atoms with van der Waals surface area (Å²) in [7, 11) is 0. The number of anilines is 1. The van der Waals surface area contributed by atoms with Crippen LogP contribution in [0.25, 0.3) is 10.8 Å². The van der Waals surface area contributed by atoms with E-state index in [0.29, 0.717) is 11.3 Å². The molecule has 0 fully saturated rings. The van der Waals surface area contributed by atoms with Crippen LogP contribution in [-0.4, -0.2) is 24.2 Å². The van der Waals surface area contributed by atoms with E-state index in [4.69, 9.17) is 4.74 Å². The first-order valence-electron chi connectivity index (χ1n) is 8.23. The van der Waals surface area contributed by atoms with E-state index in [1.807, 2.05) is 60.9 Å². The second-order valence-electron chi connectivity index (χ2n) is 5.76. The van der Waals surface area contributed by atoms with Crippen molar-refractivity contribution in [2.75, 3.05) is 11.6 Å². The first-order chi connectivity index (χ1) is 12.6. The number of rotatable bonds is 5. The molecule has 0 bridgehead atoms. The van der Waals surface area contributed by atoms with Gasteiger partial charge in [-0.15, -0.1) is 11.8 Å². The molecule has 0 aliphatic carbocycles. The summed E-state index contributed by atoms with van der Waals surface area (Å²) in [5.41, 5.74) is 1.16. The Morgan fingerprint density at radius 3 is 2.46 bits per heavy atom. The Labute approximate surface area is 156 Å². The van der Waals surface area contributed by atoms with Gasteiger partial charge in [-0.1, -0.05) is 48.5 Å². The Hall–Kier alpha value is -2.79. The molecular formula is C21H19NO3S. The van der Waals surface area contributed by atoms with Crippen LogP contribution < -0.4 is 5.32 Å². The highest BCUT2D eigenvalue weighted by molar-refractivity contribution is 7.98. The minimum Gasteiger partial charge on any atom is -0.449 e. The molecule has 0 aliphatic rings. The standard InChI is InChI=1S/C21H19NO3S/c1-14(25-21(24)17-11-5-6-13-19(17)26-2)20(23)22-18-12-7-9-15-8-3-4-10-16(15)18/h3-14H,1-2H3,(H,22,23)/t14-/m0/s1. The summed E-state index contributed by atoms with van der Waals surface area (Å²) in [5, 5.41) is 4.82. The first kappa shape index (κ1) is 18.0. The van der Waals surface area contributed by atoms with Crippen LogP contribution in [-0.2, 0) is 9.53 Å². The van der Waals surface area contributed by atoms with Gasteiger partial charge in [0.25, 0.3) is 5.91 Å². The number of fused-ring (bicyclic) bond motifs is 1. The van der Waals surface area contributed by atoms with E-state index in [9.17, 15) is 9.59 Å². The molecule has 3 aromatic rings. The van der Waals surface area contributed by atoms with Gasteiger partial charge in [-0.2, -0.15) is 0 Å². The molecule has 0 heterocycles. The number of esters is 1. The molecule has 1 atom stereocenters. The van der Waals surface area contributed by atoms with Gasteiger partial charge in [0, 0.05) is 16.0 Å². The molecule has 0 saturated heterocycles. The number of ether oxygens (including phenoxy) is 1. The fourth-order valence-electron chi connectivity index (χ4n) is 2.66. The molecule has 0 aromatic heterocycles. The van der Waals surface area contributed by atoms with Crippen LogP contribution >= 0.6 is 11.8 Å². The van der Waals surface area contributed by atoms with Gasteiger partial charge in [0.15, 0.2) is 6.10 Å². The van der Waals surface area contributed by atoms with Gasteiger partial charge in [-0.05, 0) is 36.8 Å².